The van der Waals surface area contributed by atoms with E-state index in [-0.39, 0.29) is 47.3 Å². The van der Waals surface area contributed by atoms with Gasteiger partial charge in [-0.2, -0.15) is 0 Å². The number of carbonyl (C=O) groups excluding carboxylic acids is 5. The van der Waals surface area contributed by atoms with Gasteiger partial charge in [-0.05, 0) is 17.8 Å². The molecule has 0 aromatic rings. The van der Waals surface area contributed by atoms with Crippen LogP contribution in [0.2, 0.25) is 0 Å². The van der Waals surface area contributed by atoms with Crippen LogP contribution in [-0.2, 0) is 14.4 Å². The molecule has 3 atom stereocenters. The smallest absolute Gasteiger partial charge is 0.333 e. The number of hydrogen-bond donors (Lipinski definition) is 1. The van der Waals surface area contributed by atoms with E-state index in [0.717, 1.165) is 29.5 Å². The molecular formula is C18H23N6O5S+. The number of amidine groups is 1. The highest BCUT2D eigenvalue weighted by Gasteiger charge is 2.51. The zero-order chi connectivity index (χ0) is 21.6. The first kappa shape index (κ1) is 20.5. The Kier molecular flexibility index (Phi) is 5.35. The first-order valence-electron chi connectivity index (χ1n) is 9.80. The minimum atomic E-state index is -0.830. The summed E-state index contributed by atoms with van der Waals surface area (Å²) in [7, 11) is 2.92. The van der Waals surface area contributed by atoms with Gasteiger partial charge in [-0.3, -0.25) is 33.9 Å². The topological polar surface area (TPSA) is 122 Å². The molecule has 30 heavy (non-hydrogen) atoms. The van der Waals surface area contributed by atoms with Gasteiger partial charge in [-0.15, -0.1) is 0 Å². The molecule has 11 nitrogen and oxygen atoms in total. The molecule has 12 heteroatoms. The highest BCUT2D eigenvalue weighted by atomic mass is 32.2. The number of rotatable bonds is 4. The first-order valence-corrected chi connectivity index (χ1v) is 10.8. The number of nitrogens with one attached hydrogen (secondary N) is 1. The molecule has 0 spiro atoms. The molecule has 160 valence electrons. The number of amides is 6. The fourth-order valence-electron chi connectivity index (χ4n) is 4.37. The summed E-state index contributed by atoms with van der Waals surface area (Å²) in [5.41, 5.74) is 0. The molecular weight excluding hydrogens is 412 g/mol. The van der Waals surface area contributed by atoms with Gasteiger partial charge in [0.05, 0.1) is 11.8 Å². The number of imide groups is 2. The van der Waals surface area contributed by atoms with E-state index in [2.05, 4.69) is 10.3 Å². The quantitative estimate of drug-likeness (QED) is 0.592. The van der Waals surface area contributed by atoms with E-state index in [9.17, 15) is 24.0 Å². The lowest BCUT2D eigenvalue weighted by Crippen LogP contribution is -2.62. The molecule has 3 aliphatic heterocycles. The second-order valence-corrected chi connectivity index (χ2v) is 8.69. The summed E-state index contributed by atoms with van der Waals surface area (Å²) in [6, 6.07) is -1.98. The molecule has 0 bridgehead atoms. The highest BCUT2D eigenvalue weighted by Crippen LogP contribution is 2.30. The summed E-state index contributed by atoms with van der Waals surface area (Å²) in [4.78, 5) is 69.4. The predicted molar refractivity (Wildman–Crippen MR) is 107 cm³/mol. The maximum Gasteiger partial charge on any atom is 0.333 e. The second kappa shape index (κ2) is 7.82. The first-order chi connectivity index (χ1) is 14.3. The zero-order valence-corrected chi connectivity index (χ0v) is 17.6. The third-order valence-corrected chi connectivity index (χ3v) is 6.75. The zero-order valence-electron chi connectivity index (χ0n) is 16.7. The van der Waals surface area contributed by atoms with Crippen LogP contribution in [0.4, 0.5) is 9.59 Å². The number of hydrogen-bond acceptors (Lipinski definition) is 7. The molecule has 3 unspecified atom stereocenters. The van der Waals surface area contributed by atoms with E-state index < -0.39 is 18.0 Å². The van der Waals surface area contributed by atoms with Crippen LogP contribution in [0.25, 0.3) is 0 Å². The monoisotopic (exact) mass is 435 g/mol. The fraction of sp³-hybridized carbons (Fsp3) is 0.611. The van der Waals surface area contributed by atoms with E-state index in [4.69, 9.17) is 0 Å². The largest absolute Gasteiger partial charge is 0.348 e. The lowest BCUT2D eigenvalue weighted by Gasteiger charge is -2.36. The normalized spacial score (nSPS) is 29.3. The minimum absolute atomic E-state index is 0.126. The maximum atomic E-state index is 12.8. The number of thioether (sulfide) groups is 1. The molecule has 6 amide bonds. The van der Waals surface area contributed by atoms with Crippen molar-refractivity contribution >= 4 is 52.9 Å². The average Bonchev–Trinajstić information content (AvgIpc) is 3.28. The number of nitrogens with zero attached hydrogens (tertiary/aromatic N) is 5. The number of likely N-dealkylation sites (N-methyl/N-ethyl adjacent to an activating group) is 2. The van der Waals surface area contributed by atoms with Crippen molar-refractivity contribution in [2.24, 2.45) is 4.99 Å². The number of carbonyl (C=O) groups is 5. The van der Waals surface area contributed by atoms with Gasteiger partial charge < -0.3 is 5.32 Å². The van der Waals surface area contributed by atoms with Gasteiger partial charge in [-0.1, -0.05) is 24.6 Å². The number of aliphatic imine (C=N–C) groups is 1. The minimum Gasteiger partial charge on any atom is -0.348 e. The molecule has 0 radical (unpaired) electrons. The molecule has 4 aliphatic rings. The summed E-state index contributed by atoms with van der Waals surface area (Å²) in [6.07, 6.45) is 4.51. The van der Waals surface area contributed by atoms with Gasteiger partial charge in [0.1, 0.15) is 0 Å². The third-order valence-electron chi connectivity index (χ3n) is 5.91. The van der Waals surface area contributed by atoms with E-state index in [1.54, 1.807) is 0 Å². The van der Waals surface area contributed by atoms with Gasteiger partial charge in [-0.25, -0.2) is 9.37 Å². The molecule has 4 rings (SSSR count). The Bertz CT molecular complexity index is 885. The number of fused-ring (bicyclic) bond motifs is 1. The summed E-state index contributed by atoms with van der Waals surface area (Å²) < 4.78 is 1.49. The van der Waals surface area contributed by atoms with Crippen LogP contribution in [0.5, 0.6) is 0 Å². The van der Waals surface area contributed by atoms with Crippen molar-refractivity contribution in [1.29, 1.82) is 0 Å². The van der Waals surface area contributed by atoms with Crippen molar-refractivity contribution in [1.82, 2.24) is 20.0 Å². The third kappa shape index (κ3) is 3.38. The predicted octanol–water partition coefficient (Wildman–Crippen LogP) is -0.545. The fourth-order valence-corrected chi connectivity index (χ4v) is 5.13. The summed E-state index contributed by atoms with van der Waals surface area (Å²) in [6.45, 7) is -0.126. The second-order valence-electron chi connectivity index (χ2n) is 7.76. The van der Waals surface area contributed by atoms with Crippen LogP contribution < -0.4 is 5.32 Å². The maximum absolute atomic E-state index is 12.8. The van der Waals surface area contributed by atoms with Crippen LogP contribution in [0.1, 0.15) is 25.7 Å². The summed E-state index contributed by atoms with van der Waals surface area (Å²) in [5, 5.41) is 2.68. The van der Waals surface area contributed by atoms with Crippen molar-refractivity contribution < 1.29 is 28.5 Å². The Morgan fingerprint density at radius 2 is 1.93 bits per heavy atom. The van der Waals surface area contributed by atoms with E-state index in [0.29, 0.717) is 12.8 Å². The lowest BCUT2D eigenvalue weighted by atomic mass is 9.89. The Balaban J connectivity index is 1.43. The molecule has 3 fully saturated rings. The van der Waals surface area contributed by atoms with Gasteiger partial charge in [0.15, 0.2) is 6.54 Å². The summed E-state index contributed by atoms with van der Waals surface area (Å²) >= 11 is 0.989. The average molecular weight is 435 g/mol. The molecule has 1 aliphatic carbocycles. The molecule has 0 aromatic heterocycles. The van der Waals surface area contributed by atoms with Gasteiger partial charge in [0.25, 0.3) is 35.3 Å². The molecule has 1 saturated carbocycles. The van der Waals surface area contributed by atoms with Crippen molar-refractivity contribution in [2.45, 2.75) is 43.8 Å². The van der Waals surface area contributed by atoms with Crippen LogP contribution in [0, 0.1) is 0 Å². The van der Waals surface area contributed by atoms with E-state index in [1.807, 2.05) is 0 Å². The van der Waals surface area contributed by atoms with Gasteiger partial charge in [0, 0.05) is 20.1 Å². The lowest BCUT2D eigenvalue weighted by molar-refractivity contribution is -0.520. The van der Waals surface area contributed by atoms with Crippen LogP contribution in [0.3, 0.4) is 0 Å². The molecule has 0 aromatic carbocycles. The molecule has 2 saturated heterocycles. The van der Waals surface area contributed by atoms with Crippen LogP contribution >= 0.6 is 11.8 Å². The van der Waals surface area contributed by atoms with Gasteiger partial charge >= 0.3 is 6.03 Å². The SMILES string of the molecule is CN1C(=O)C2C(=NC=[N+]2CC(=O)NC2CCCCC2N2C(=O)CSC2=O)N(C)C1=O. The van der Waals surface area contributed by atoms with Crippen molar-refractivity contribution in [2.75, 3.05) is 26.4 Å². The van der Waals surface area contributed by atoms with Crippen molar-refractivity contribution in [3.8, 4) is 0 Å². The standard InChI is InChI=1S/C18H22N6O5S/c1-21-15-14(16(27)22(2)17(21)28)23(9-19-15)7-12(25)20-10-5-3-4-6-11(10)24-13(26)8-30-18(24)29/h9-11,14H,3-8H2,1-2H3/p+1. The van der Waals surface area contributed by atoms with Gasteiger partial charge in [0.2, 0.25) is 5.91 Å². The Labute approximate surface area is 177 Å². The molecule has 3 heterocycles. The Morgan fingerprint density at radius 1 is 1.20 bits per heavy atom. The van der Waals surface area contributed by atoms with Crippen LogP contribution in [-0.4, -0.2) is 105 Å². The van der Waals surface area contributed by atoms with E-state index >= 15 is 0 Å². The van der Waals surface area contributed by atoms with Crippen molar-refractivity contribution in [3.63, 3.8) is 0 Å². The Morgan fingerprint density at radius 3 is 2.63 bits per heavy atom. The molecule has 1 N–H and O–H groups in total. The highest BCUT2D eigenvalue weighted by molar-refractivity contribution is 8.14. The Hall–Kier alpha value is -2.76. The number of urea groups is 1. The van der Waals surface area contributed by atoms with Crippen molar-refractivity contribution in [3.05, 3.63) is 0 Å². The van der Waals surface area contributed by atoms with Crippen LogP contribution in [0.15, 0.2) is 4.99 Å². The summed E-state index contributed by atoms with van der Waals surface area (Å²) in [5.74, 6) is -0.564. The van der Waals surface area contributed by atoms with E-state index in [1.165, 1.54) is 34.8 Å².